The van der Waals surface area contributed by atoms with Gasteiger partial charge in [-0.3, -0.25) is 4.79 Å². The topological polar surface area (TPSA) is 32.9 Å². The van der Waals surface area contributed by atoms with Gasteiger partial charge in [0.05, 0.1) is 10.0 Å². The second-order valence-electron chi connectivity index (χ2n) is 3.22. The molecular formula is C10H5BrF3NO. The molecule has 0 amide bonds. The molecule has 0 atom stereocenters. The fourth-order valence-corrected chi connectivity index (χ4v) is 1.70. The minimum atomic E-state index is -4.44. The molecule has 1 aromatic carbocycles. The van der Waals surface area contributed by atoms with Crippen LogP contribution in [0.2, 0.25) is 0 Å². The molecule has 0 bridgehead atoms. The zero-order valence-electron chi connectivity index (χ0n) is 7.73. The van der Waals surface area contributed by atoms with Gasteiger partial charge in [0, 0.05) is 17.1 Å². The number of rotatable bonds is 0. The lowest BCUT2D eigenvalue weighted by atomic mass is 10.1. The number of nitrogens with one attached hydrogen (secondary N) is 1. The fourth-order valence-electron chi connectivity index (χ4n) is 1.37. The van der Waals surface area contributed by atoms with Crippen LogP contribution in [0.5, 0.6) is 0 Å². The van der Waals surface area contributed by atoms with Crippen LogP contribution >= 0.6 is 15.9 Å². The molecule has 2 rings (SSSR count). The Morgan fingerprint density at radius 2 is 1.94 bits per heavy atom. The molecule has 2 nitrogen and oxygen atoms in total. The van der Waals surface area contributed by atoms with Crippen molar-refractivity contribution < 1.29 is 13.2 Å². The lowest BCUT2D eigenvalue weighted by Gasteiger charge is -2.07. The van der Waals surface area contributed by atoms with Crippen LogP contribution in [0.15, 0.2) is 33.7 Å². The van der Waals surface area contributed by atoms with Crippen molar-refractivity contribution in [1.82, 2.24) is 4.98 Å². The number of alkyl halides is 3. The van der Waals surface area contributed by atoms with Crippen LogP contribution in [-0.2, 0) is 6.18 Å². The van der Waals surface area contributed by atoms with Crippen LogP contribution in [0.1, 0.15) is 5.56 Å². The summed E-state index contributed by atoms with van der Waals surface area (Å²) in [5, 5.41) is 0.0178. The summed E-state index contributed by atoms with van der Waals surface area (Å²) in [5.74, 6) is 0. The van der Waals surface area contributed by atoms with E-state index in [4.69, 9.17) is 0 Å². The van der Waals surface area contributed by atoms with Gasteiger partial charge in [-0.1, -0.05) is 0 Å². The maximum absolute atomic E-state index is 12.4. The molecule has 0 saturated carbocycles. The van der Waals surface area contributed by atoms with E-state index in [0.717, 1.165) is 12.1 Å². The van der Waals surface area contributed by atoms with E-state index >= 15 is 0 Å². The number of halogens is 4. The van der Waals surface area contributed by atoms with Gasteiger partial charge in [0.2, 0.25) is 5.43 Å². The van der Waals surface area contributed by atoms with Crippen LogP contribution < -0.4 is 5.43 Å². The van der Waals surface area contributed by atoms with E-state index in [0.29, 0.717) is 5.52 Å². The highest BCUT2D eigenvalue weighted by Crippen LogP contribution is 2.30. The van der Waals surface area contributed by atoms with Gasteiger partial charge in [0.25, 0.3) is 0 Å². The number of aromatic amines is 1. The molecule has 0 spiro atoms. The van der Waals surface area contributed by atoms with Gasteiger partial charge in [0.1, 0.15) is 0 Å². The number of hydrogen-bond donors (Lipinski definition) is 1. The second-order valence-corrected chi connectivity index (χ2v) is 4.08. The minimum absolute atomic E-state index is 0.0178. The van der Waals surface area contributed by atoms with Gasteiger partial charge in [-0.15, -0.1) is 0 Å². The molecule has 0 aliphatic heterocycles. The first-order chi connectivity index (χ1) is 7.39. The molecule has 1 aromatic heterocycles. The SMILES string of the molecule is O=c1c(Br)c[nH]c2ccc(C(F)(F)F)cc12. The molecule has 0 aliphatic carbocycles. The Bertz CT molecular complexity index is 603. The van der Waals surface area contributed by atoms with Crippen molar-refractivity contribution in [3.8, 4) is 0 Å². The molecule has 1 heterocycles. The largest absolute Gasteiger partial charge is 0.416 e. The normalized spacial score (nSPS) is 12.0. The van der Waals surface area contributed by atoms with E-state index in [1.54, 1.807) is 0 Å². The molecule has 1 N–H and O–H groups in total. The van der Waals surface area contributed by atoms with Crippen molar-refractivity contribution in [3.63, 3.8) is 0 Å². The van der Waals surface area contributed by atoms with E-state index in [-0.39, 0.29) is 9.86 Å². The fraction of sp³-hybridized carbons (Fsp3) is 0.100. The van der Waals surface area contributed by atoms with Crippen molar-refractivity contribution >= 4 is 26.8 Å². The molecule has 0 saturated heterocycles. The first-order valence-electron chi connectivity index (χ1n) is 4.28. The molecule has 84 valence electrons. The van der Waals surface area contributed by atoms with Crippen LogP contribution in [0.25, 0.3) is 10.9 Å². The third kappa shape index (κ3) is 1.84. The monoisotopic (exact) mass is 291 g/mol. The number of aromatic nitrogens is 1. The second kappa shape index (κ2) is 3.62. The molecular weight excluding hydrogens is 287 g/mol. The summed E-state index contributed by atoms with van der Waals surface area (Å²) in [6.07, 6.45) is -3.04. The zero-order valence-corrected chi connectivity index (χ0v) is 9.32. The molecule has 16 heavy (non-hydrogen) atoms. The first-order valence-corrected chi connectivity index (χ1v) is 5.07. The number of H-pyrrole nitrogens is 1. The van der Waals surface area contributed by atoms with Crippen molar-refractivity contribution in [2.75, 3.05) is 0 Å². The molecule has 0 fully saturated rings. The predicted molar refractivity (Wildman–Crippen MR) is 57.3 cm³/mol. The maximum Gasteiger partial charge on any atom is 0.416 e. The molecule has 0 radical (unpaired) electrons. The molecule has 6 heteroatoms. The van der Waals surface area contributed by atoms with Gasteiger partial charge < -0.3 is 4.98 Å². The Balaban J connectivity index is 2.79. The average Bonchev–Trinajstić information content (AvgIpc) is 2.22. The van der Waals surface area contributed by atoms with Crippen LogP contribution in [0.4, 0.5) is 13.2 Å². The van der Waals surface area contributed by atoms with E-state index in [1.165, 1.54) is 12.3 Å². The number of benzene rings is 1. The summed E-state index contributed by atoms with van der Waals surface area (Å²) >= 11 is 2.97. The highest BCUT2D eigenvalue weighted by Gasteiger charge is 2.30. The smallest absolute Gasteiger partial charge is 0.360 e. The zero-order chi connectivity index (χ0) is 11.9. The van der Waals surface area contributed by atoms with Crippen LogP contribution in [0.3, 0.4) is 0 Å². The van der Waals surface area contributed by atoms with Gasteiger partial charge in [-0.25, -0.2) is 0 Å². The highest BCUT2D eigenvalue weighted by molar-refractivity contribution is 9.10. The average molecular weight is 292 g/mol. The Labute approximate surface area is 96.2 Å². The quantitative estimate of drug-likeness (QED) is 0.794. The van der Waals surface area contributed by atoms with E-state index in [2.05, 4.69) is 20.9 Å². The Morgan fingerprint density at radius 3 is 2.56 bits per heavy atom. The number of hydrogen-bond acceptors (Lipinski definition) is 1. The van der Waals surface area contributed by atoms with Gasteiger partial charge in [0.15, 0.2) is 0 Å². The molecule has 2 aromatic rings. The third-order valence-electron chi connectivity index (χ3n) is 2.16. The number of fused-ring (bicyclic) bond motifs is 1. The highest BCUT2D eigenvalue weighted by atomic mass is 79.9. The Kier molecular flexibility index (Phi) is 2.53. The Morgan fingerprint density at radius 1 is 1.25 bits per heavy atom. The van der Waals surface area contributed by atoms with E-state index in [9.17, 15) is 18.0 Å². The predicted octanol–water partition coefficient (Wildman–Crippen LogP) is 3.31. The van der Waals surface area contributed by atoms with Gasteiger partial charge in [-0.05, 0) is 34.1 Å². The third-order valence-corrected chi connectivity index (χ3v) is 2.75. The standard InChI is InChI=1S/C10H5BrF3NO/c11-7-4-15-8-2-1-5(10(12,13)14)3-6(8)9(7)16/h1-4H,(H,15,16). The summed E-state index contributed by atoms with van der Waals surface area (Å²) in [6.45, 7) is 0. The van der Waals surface area contributed by atoms with Gasteiger partial charge in [-0.2, -0.15) is 13.2 Å². The van der Waals surface area contributed by atoms with Crippen LogP contribution in [-0.4, -0.2) is 4.98 Å². The van der Waals surface area contributed by atoms with Crippen molar-refractivity contribution in [2.24, 2.45) is 0 Å². The molecule has 0 aliphatic rings. The summed E-state index contributed by atoms with van der Waals surface area (Å²) in [4.78, 5) is 14.3. The minimum Gasteiger partial charge on any atom is -0.360 e. The summed E-state index contributed by atoms with van der Waals surface area (Å²) in [7, 11) is 0. The van der Waals surface area contributed by atoms with Crippen molar-refractivity contribution in [2.45, 2.75) is 6.18 Å². The van der Waals surface area contributed by atoms with Crippen LogP contribution in [0, 0.1) is 0 Å². The van der Waals surface area contributed by atoms with Gasteiger partial charge >= 0.3 is 6.18 Å². The summed E-state index contributed by atoms with van der Waals surface area (Å²) in [6, 6.07) is 3.02. The van der Waals surface area contributed by atoms with Crippen molar-refractivity contribution in [1.29, 1.82) is 0 Å². The van der Waals surface area contributed by atoms with E-state index < -0.39 is 17.2 Å². The summed E-state index contributed by atoms with van der Waals surface area (Å²) in [5.41, 5.74) is -0.912. The van der Waals surface area contributed by atoms with E-state index in [1.807, 2.05) is 0 Å². The lowest BCUT2D eigenvalue weighted by Crippen LogP contribution is -2.08. The summed E-state index contributed by atoms with van der Waals surface area (Å²) < 4.78 is 37.5. The lowest BCUT2D eigenvalue weighted by molar-refractivity contribution is -0.137. The number of pyridine rings is 1. The molecule has 0 unspecified atom stereocenters. The first kappa shape index (κ1) is 11.2. The Hall–Kier alpha value is -1.30. The van der Waals surface area contributed by atoms with Crippen molar-refractivity contribution in [3.05, 3.63) is 44.7 Å². The maximum atomic E-state index is 12.4.